The Bertz CT molecular complexity index is 258. The Balaban J connectivity index is 2.32. The summed E-state index contributed by atoms with van der Waals surface area (Å²) in [6.45, 7) is 2.11. The lowest BCUT2D eigenvalue weighted by Crippen LogP contribution is -2.30. The van der Waals surface area contributed by atoms with E-state index in [0.717, 1.165) is 17.7 Å². The van der Waals surface area contributed by atoms with Gasteiger partial charge in [0.15, 0.2) is 0 Å². The van der Waals surface area contributed by atoms with Gasteiger partial charge in [-0.05, 0) is 34.6 Å². The summed E-state index contributed by atoms with van der Waals surface area (Å²) in [5.41, 5.74) is 0.551. The van der Waals surface area contributed by atoms with E-state index in [2.05, 4.69) is 12.3 Å². The van der Waals surface area contributed by atoms with Gasteiger partial charge in [-0.25, -0.2) is 0 Å². The number of aliphatic hydroxyl groups is 1. The molecule has 12 heavy (non-hydrogen) atoms. The van der Waals surface area contributed by atoms with Crippen LogP contribution in [0.3, 0.4) is 0 Å². The molecule has 1 saturated heterocycles. The van der Waals surface area contributed by atoms with Gasteiger partial charge in [0, 0.05) is 5.25 Å². The Morgan fingerprint density at radius 3 is 3.00 bits per heavy atom. The van der Waals surface area contributed by atoms with Gasteiger partial charge >= 0.3 is 0 Å². The van der Waals surface area contributed by atoms with Gasteiger partial charge in [0.05, 0.1) is 0 Å². The summed E-state index contributed by atoms with van der Waals surface area (Å²) in [6.07, 6.45) is 0.898. The zero-order valence-corrected chi connectivity index (χ0v) is 8.62. The predicted molar refractivity (Wildman–Crippen MR) is 54.8 cm³/mol. The minimum atomic E-state index is -0.551. The topological polar surface area (TPSA) is 20.2 Å². The Morgan fingerprint density at radius 2 is 2.50 bits per heavy atom. The normalized spacial score (nSPS) is 35.7. The van der Waals surface area contributed by atoms with Crippen LogP contribution in [0.25, 0.3) is 0 Å². The smallest absolute Gasteiger partial charge is 0.103 e. The molecule has 0 aliphatic carbocycles. The highest BCUT2D eigenvalue weighted by molar-refractivity contribution is 8.00. The monoisotopic (exact) mass is 200 g/mol. The fourth-order valence-corrected chi connectivity index (χ4v) is 3.67. The highest BCUT2D eigenvalue weighted by Crippen LogP contribution is 2.43. The van der Waals surface area contributed by atoms with Crippen LogP contribution in [0.1, 0.15) is 18.9 Å². The summed E-state index contributed by atoms with van der Waals surface area (Å²) in [5, 5.41) is 14.7. The molecule has 66 valence electrons. The van der Waals surface area contributed by atoms with Crippen LogP contribution in [0, 0.1) is 0 Å². The third kappa shape index (κ3) is 1.20. The molecule has 1 aromatic rings. The summed E-state index contributed by atoms with van der Waals surface area (Å²) in [7, 11) is 0. The van der Waals surface area contributed by atoms with Gasteiger partial charge in [-0.15, -0.1) is 0 Å². The first-order chi connectivity index (χ1) is 5.73. The molecule has 2 atom stereocenters. The molecule has 1 fully saturated rings. The maximum absolute atomic E-state index is 10.3. The van der Waals surface area contributed by atoms with Gasteiger partial charge in [0.2, 0.25) is 0 Å². The van der Waals surface area contributed by atoms with Crippen molar-refractivity contribution in [3.8, 4) is 0 Å². The Morgan fingerprint density at radius 1 is 1.67 bits per heavy atom. The molecule has 2 unspecified atom stereocenters. The molecule has 1 aliphatic heterocycles. The molecular weight excluding hydrogens is 188 g/mol. The van der Waals surface area contributed by atoms with Gasteiger partial charge in [0.1, 0.15) is 5.60 Å². The largest absolute Gasteiger partial charge is 0.384 e. The van der Waals surface area contributed by atoms with Crippen molar-refractivity contribution >= 4 is 23.1 Å². The van der Waals surface area contributed by atoms with E-state index in [4.69, 9.17) is 0 Å². The number of rotatable bonds is 1. The fourth-order valence-electron chi connectivity index (χ4n) is 1.62. The molecule has 0 spiro atoms. The second kappa shape index (κ2) is 3.05. The average molecular weight is 200 g/mol. The van der Waals surface area contributed by atoms with Gasteiger partial charge in [0.25, 0.3) is 0 Å². The molecule has 0 aromatic carbocycles. The molecule has 0 bridgehead atoms. The Kier molecular flexibility index (Phi) is 2.19. The lowest BCUT2D eigenvalue weighted by atomic mass is 9.91. The standard InChI is InChI=1S/C9H12OS2/c1-7-9(10,3-5-12-7)8-2-4-11-6-8/h2,4,6-7,10H,3,5H2,1H3. The van der Waals surface area contributed by atoms with Crippen molar-refractivity contribution < 1.29 is 5.11 Å². The van der Waals surface area contributed by atoms with Crippen molar-refractivity contribution in [2.24, 2.45) is 0 Å². The SMILES string of the molecule is CC1SCCC1(O)c1ccsc1. The summed E-state index contributed by atoms with van der Waals surface area (Å²) in [5.74, 6) is 1.08. The molecule has 2 heterocycles. The number of hydrogen-bond donors (Lipinski definition) is 1. The quantitative estimate of drug-likeness (QED) is 0.751. The molecule has 2 rings (SSSR count). The zero-order valence-electron chi connectivity index (χ0n) is 6.99. The minimum absolute atomic E-state index is 0.340. The molecule has 0 radical (unpaired) electrons. The van der Waals surface area contributed by atoms with Crippen LogP contribution < -0.4 is 0 Å². The highest BCUT2D eigenvalue weighted by Gasteiger charge is 2.40. The fraction of sp³-hybridized carbons (Fsp3) is 0.556. The van der Waals surface area contributed by atoms with E-state index in [1.165, 1.54) is 0 Å². The van der Waals surface area contributed by atoms with Crippen molar-refractivity contribution in [1.82, 2.24) is 0 Å². The van der Waals surface area contributed by atoms with Crippen molar-refractivity contribution in [3.63, 3.8) is 0 Å². The van der Waals surface area contributed by atoms with Crippen LogP contribution in [0.15, 0.2) is 16.8 Å². The summed E-state index contributed by atoms with van der Waals surface area (Å²) >= 11 is 3.51. The first kappa shape index (κ1) is 8.60. The lowest BCUT2D eigenvalue weighted by Gasteiger charge is -2.25. The Hall–Kier alpha value is 0.01000. The van der Waals surface area contributed by atoms with E-state index in [1.54, 1.807) is 11.3 Å². The lowest BCUT2D eigenvalue weighted by molar-refractivity contribution is 0.0431. The maximum atomic E-state index is 10.3. The van der Waals surface area contributed by atoms with E-state index < -0.39 is 5.60 Å². The highest BCUT2D eigenvalue weighted by atomic mass is 32.2. The van der Waals surface area contributed by atoms with Gasteiger partial charge in [-0.2, -0.15) is 23.1 Å². The second-order valence-electron chi connectivity index (χ2n) is 3.20. The maximum Gasteiger partial charge on any atom is 0.103 e. The predicted octanol–water partition coefficient (Wildman–Crippen LogP) is 2.46. The van der Waals surface area contributed by atoms with E-state index in [0.29, 0.717) is 5.25 Å². The summed E-state index contributed by atoms with van der Waals surface area (Å²) in [6, 6.07) is 2.03. The van der Waals surface area contributed by atoms with Crippen LogP contribution >= 0.6 is 23.1 Å². The van der Waals surface area contributed by atoms with Crippen molar-refractivity contribution in [1.29, 1.82) is 0 Å². The summed E-state index contributed by atoms with van der Waals surface area (Å²) in [4.78, 5) is 0. The number of hydrogen-bond acceptors (Lipinski definition) is 3. The third-order valence-electron chi connectivity index (χ3n) is 2.54. The molecule has 0 saturated carbocycles. The molecule has 3 heteroatoms. The van der Waals surface area contributed by atoms with E-state index in [1.807, 2.05) is 23.2 Å². The van der Waals surface area contributed by atoms with Gasteiger partial charge in [-0.3, -0.25) is 0 Å². The van der Waals surface area contributed by atoms with E-state index in [9.17, 15) is 5.11 Å². The summed E-state index contributed by atoms with van der Waals surface area (Å²) < 4.78 is 0. The van der Waals surface area contributed by atoms with Crippen molar-refractivity contribution in [2.45, 2.75) is 24.2 Å². The van der Waals surface area contributed by atoms with E-state index in [-0.39, 0.29) is 0 Å². The molecule has 0 amide bonds. The first-order valence-electron chi connectivity index (χ1n) is 4.10. The molecule has 1 nitrogen and oxygen atoms in total. The zero-order chi connectivity index (χ0) is 8.60. The van der Waals surface area contributed by atoms with Crippen LogP contribution in [-0.2, 0) is 5.60 Å². The van der Waals surface area contributed by atoms with E-state index >= 15 is 0 Å². The number of thiophene rings is 1. The van der Waals surface area contributed by atoms with Crippen LogP contribution in [0.5, 0.6) is 0 Å². The molecule has 1 aromatic heterocycles. The number of thioether (sulfide) groups is 1. The van der Waals surface area contributed by atoms with Gasteiger partial charge in [-0.1, -0.05) is 6.92 Å². The van der Waals surface area contributed by atoms with Crippen LogP contribution in [0.2, 0.25) is 0 Å². The molecular formula is C9H12OS2. The minimum Gasteiger partial charge on any atom is -0.384 e. The molecule has 1 N–H and O–H groups in total. The molecule has 1 aliphatic rings. The second-order valence-corrected chi connectivity index (χ2v) is 5.43. The van der Waals surface area contributed by atoms with Crippen LogP contribution in [0.4, 0.5) is 0 Å². The average Bonchev–Trinajstić information content (AvgIpc) is 2.62. The van der Waals surface area contributed by atoms with Crippen molar-refractivity contribution in [2.75, 3.05) is 5.75 Å². The Labute approximate surface area is 80.8 Å². The van der Waals surface area contributed by atoms with Crippen molar-refractivity contribution in [3.05, 3.63) is 22.4 Å². The van der Waals surface area contributed by atoms with Crippen LogP contribution in [-0.4, -0.2) is 16.1 Å². The third-order valence-corrected chi connectivity index (χ3v) is 4.56. The first-order valence-corrected chi connectivity index (χ1v) is 6.09. The van der Waals surface area contributed by atoms with Gasteiger partial charge < -0.3 is 5.11 Å².